The van der Waals surface area contributed by atoms with Gasteiger partial charge in [-0.3, -0.25) is 9.59 Å². The monoisotopic (exact) mass is 291 g/mol. The second-order valence-electron chi connectivity index (χ2n) is 4.93. The average Bonchev–Trinajstić information content (AvgIpc) is 3.27. The van der Waals surface area contributed by atoms with Crippen LogP contribution in [-0.2, 0) is 4.79 Å². The third-order valence-electron chi connectivity index (χ3n) is 3.05. The summed E-state index contributed by atoms with van der Waals surface area (Å²) in [5.41, 5.74) is 0.901. The zero-order chi connectivity index (χ0) is 15.2. The van der Waals surface area contributed by atoms with E-state index in [1.807, 2.05) is 0 Å². The number of carbonyl (C=O) groups excluding carboxylic acids is 2. The first-order valence-electron chi connectivity index (χ1n) is 6.69. The summed E-state index contributed by atoms with van der Waals surface area (Å²) in [6, 6.07) is 5.95. The molecule has 3 amide bonds. The first-order valence-corrected chi connectivity index (χ1v) is 6.69. The minimum absolute atomic E-state index is 0.273. The van der Waals surface area contributed by atoms with Gasteiger partial charge in [0.25, 0.3) is 5.91 Å². The van der Waals surface area contributed by atoms with Gasteiger partial charge in [-0.2, -0.15) is 0 Å². The SMILES string of the molecule is O=C(O)CNC(=O)c1ccc(NC(=O)NCC2CC2)cc1. The maximum absolute atomic E-state index is 11.6. The molecule has 0 unspecified atom stereocenters. The molecule has 0 saturated heterocycles. The quantitative estimate of drug-likeness (QED) is 0.628. The highest BCUT2D eigenvalue weighted by molar-refractivity contribution is 5.96. The van der Waals surface area contributed by atoms with Crippen LogP contribution in [0.1, 0.15) is 23.2 Å². The van der Waals surface area contributed by atoms with Gasteiger partial charge in [0.05, 0.1) is 0 Å². The van der Waals surface area contributed by atoms with Gasteiger partial charge in [0.2, 0.25) is 0 Å². The number of anilines is 1. The number of nitrogens with one attached hydrogen (secondary N) is 3. The smallest absolute Gasteiger partial charge is 0.322 e. The molecule has 0 heterocycles. The van der Waals surface area contributed by atoms with E-state index in [0.717, 1.165) is 0 Å². The molecule has 4 N–H and O–H groups in total. The topological polar surface area (TPSA) is 108 Å². The first kappa shape index (κ1) is 14.8. The molecular formula is C14H17N3O4. The van der Waals surface area contributed by atoms with E-state index in [9.17, 15) is 14.4 Å². The van der Waals surface area contributed by atoms with Crippen LogP contribution in [0.15, 0.2) is 24.3 Å². The number of hydrogen-bond donors (Lipinski definition) is 4. The fraction of sp³-hybridized carbons (Fsp3) is 0.357. The maximum atomic E-state index is 11.6. The molecule has 0 spiro atoms. The fourth-order valence-corrected chi connectivity index (χ4v) is 1.70. The van der Waals surface area contributed by atoms with Gasteiger partial charge in [0.1, 0.15) is 6.54 Å². The Balaban J connectivity index is 1.81. The molecule has 7 nitrogen and oxygen atoms in total. The number of hydrogen-bond acceptors (Lipinski definition) is 3. The number of rotatable bonds is 6. The van der Waals surface area contributed by atoms with Gasteiger partial charge in [-0.05, 0) is 43.0 Å². The van der Waals surface area contributed by atoms with Crippen molar-refractivity contribution in [2.24, 2.45) is 5.92 Å². The molecule has 0 atom stereocenters. The van der Waals surface area contributed by atoms with Gasteiger partial charge in [-0.1, -0.05) is 0 Å². The van der Waals surface area contributed by atoms with Crippen LogP contribution in [0.25, 0.3) is 0 Å². The van der Waals surface area contributed by atoms with Gasteiger partial charge >= 0.3 is 12.0 Å². The van der Waals surface area contributed by atoms with E-state index >= 15 is 0 Å². The molecule has 0 aromatic heterocycles. The predicted molar refractivity (Wildman–Crippen MR) is 76.2 cm³/mol. The highest BCUT2D eigenvalue weighted by atomic mass is 16.4. The summed E-state index contributed by atoms with van der Waals surface area (Å²) in [7, 11) is 0. The van der Waals surface area contributed by atoms with Crippen molar-refractivity contribution in [3.63, 3.8) is 0 Å². The first-order chi connectivity index (χ1) is 10.0. The predicted octanol–water partition coefficient (Wildman–Crippen LogP) is 1.03. The Morgan fingerprint density at radius 3 is 2.33 bits per heavy atom. The minimum Gasteiger partial charge on any atom is -0.480 e. The number of aliphatic carboxylic acids is 1. The lowest BCUT2D eigenvalue weighted by Crippen LogP contribution is -2.30. The van der Waals surface area contributed by atoms with Crippen LogP contribution in [0.4, 0.5) is 10.5 Å². The van der Waals surface area contributed by atoms with Crippen molar-refractivity contribution in [1.82, 2.24) is 10.6 Å². The second-order valence-corrected chi connectivity index (χ2v) is 4.93. The largest absolute Gasteiger partial charge is 0.480 e. The summed E-state index contributed by atoms with van der Waals surface area (Å²) in [6.45, 7) is 0.254. The van der Waals surface area contributed by atoms with Crippen LogP contribution < -0.4 is 16.0 Å². The molecule has 1 aromatic carbocycles. The highest BCUT2D eigenvalue weighted by Crippen LogP contribution is 2.27. The van der Waals surface area contributed by atoms with Crippen molar-refractivity contribution < 1.29 is 19.5 Å². The van der Waals surface area contributed by atoms with E-state index in [1.165, 1.54) is 25.0 Å². The van der Waals surface area contributed by atoms with Crippen molar-refractivity contribution in [2.45, 2.75) is 12.8 Å². The molecule has 21 heavy (non-hydrogen) atoms. The van der Waals surface area contributed by atoms with Crippen molar-refractivity contribution in [1.29, 1.82) is 0 Å². The summed E-state index contributed by atoms with van der Waals surface area (Å²) in [6.07, 6.45) is 2.33. The van der Waals surface area contributed by atoms with Gasteiger partial charge in [0.15, 0.2) is 0 Å². The summed E-state index contributed by atoms with van der Waals surface area (Å²) >= 11 is 0. The van der Waals surface area contributed by atoms with Crippen molar-refractivity contribution >= 4 is 23.6 Å². The summed E-state index contributed by atoms with van der Waals surface area (Å²) in [4.78, 5) is 33.5. The Hall–Kier alpha value is -2.57. The van der Waals surface area contributed by atoms with Crippen molar-refractivity contribution in [3.8, 4) is 0 Å². The van der Waals surface area contributed by atoms with E-state index in [2.05, 4.69) is 16.0 Å². The number of carboxylic acid groups (broad SMARTS) is 1. The zero-order valence-electron chi connectivity index (χ0n) is 11.4. The van der Waals surface area contributed by atoms with Gasteiger partial charge in [-0.25, -0.2) is 4.79 Å². The molecular weight excluding hydrogens is 274 g/mol. The molecule has 1 aliphatic rings. The Bertz CT molecular complexity index is 538. The van der Waals surface area contributed by atoms with Crippen LogP contribution in [0.3, 0.4) is 0 Å². The van der Waals surface area contributed by atoms with Crippen LogP contribution in [0, 0.1) is 5.92 Å². The van der Waals surface area contributed by atoms with Crippen LogP contribution in [0.5, 0.6) is 0 Å². The number of benzene rings is 1. The molecule has 1 saturated carbocycles. The van der Waals surface area contributed by atoms with E-state index in [-0.39, 0.29) is 6.03 Å². The van der Waals surface area contributed by atoms with E-state index in [1.54, 1.807) is 12.1 Å². The third kappa shape index (κ3) is 5.13. The molecule has 1 aliphatic carbocycles. The summed E-state index contributed by atoms with van der Waals surface area (Å²) in [5.74, 6) is -0.966. The van der Waals surface area contributed by atoms with Crippen LogP contribution in [0.2, 0.25) is 0 Å². The van der Waals surface area contributed by atoms with E-state index < -0.39 is 18.4 Å². The molecule has 112 valence electrons. The highest BCUT2D eigenvalue weighted by Gasteiger charge is 2.21. The standard InChI is InChI=1S/C14H17N3O4/c18-12(19)8-15-13(20)10-3-5-11(6-4-10)17-14(21)16-7-9-1-2-9/h3-6,9H,1-2,7-8H2,(H,15,20)(H,18,19)(H2,16,17,21). The number of carbonyl (C=O) groups is 3. The molecule has 0 radical (unpaired) electrons. The summed E-state index contributed by atoms with van der Waals surface area (Å²) < 4.78 is 0. The maximum Gasteiger partial charge on any atom is 0.322 e. The number of amides is 3. The third-order valence-corrected chi connectivity index (χ3v) is 3.05. The Morgan fingerprint density at radius 1 is 1.10 bits per heavy atom. The Kier molecular flexibility index (Phi) is 4.76. The zero-order valence-corrected chi connectivity index (χ0v) is 11.4. The molecule has 1 fully saturated rings. The molecule has 1 aromatic rings. The van der Waals surface area contributed by atoms with Crippen LogP contribution >= 0.6 is 0 Å². The van der Waals surface area contributed by atoms with E-state index in [0.29, 0.717) is 23.7 Å². The second kappa shape index (κ2) is 6.74. The lowest BCUT2D eigenvalue weighted by molar-refractivity contribution is -0.135. The average molecular weight is 291 g/mol. The van der Waals surface area contributed by atoms with Crippen LogP contribution in [-0.4, -0.2) is 36.1 Å². The minimum atomic E-state index is -1.10. The van der Waals surface area contributed by atoms with Crippen molar-refractivity contribution in [2.75, 3.05) is 18.4 Å². The van der Waals surface area contributed by atoms with Crippen molar-refractivity contribution in [3.05, 3.63) is 29.8 Å². The lowest BCUT2D eigenvalue weighted by Gasteiger charge is -2.08. The number of urea groups is 1. The summed E-state index contributed by atoms with van der Waals surface area (Å²) in [5, 5.41) is 16.2. The number of carboxylic acids is 1. The fourth-order valence-electron chi connectivity index (χ4n) is 1.70. The Morgan fingerprint density at radius 2 is 1.76 bits per heavy atom. The molecule has 2 rings (SSSR count). The lowest BCUT2D eigenvalue weighted by atomic mass is 10.2. The molecule has 0 bridgehead atoms. The van der Waals surface area contributed by atoms with E-state index in [4.69, 9.17) is 5.11 Å². The Labute approximate surface area is 121 Å². The van der Waals surface area contributed by atoms with Gasteiger partial charge in [-0.15, -0.1) is 0 Å². The normalized spacial score (nSPS) is 13.3. The van der Waals surface area contributed by atoms with Gasteiger partial charge in [0, 0.05) is 17.8 Å². The molecule has 0 aliphatic heterocycles. The molecule has 7 heteroatoms. The van der Waals surface area contributed by atoms with Gasteiger partial charge < -0.3 is 21.1 Å².